The number of esters is 1. The fourth-order valence-corrected chi connectivity index (χ4v) is 1.68. The minimum atomic E-state index is -0.509. The normalized spacial score (nSPS) is 10.8. The molecular weight excluding hydrogens is 252 g/mol. The van der Waals surface area contributed by atoms with Crippen molar-refractivity contribution in [3.8, 4) is 0 Å². The summed E-state index contributed by atoms with van der Waals surface area (Å²) in [6.45, 7) is 1.93. The molecule has 2 aromatic rings. The SMILES string of the molecule is CCOC(=O)Cn1ncc2cnc(COC)n2c1=O. The van der Waals surface area contributed by atoms with Crippen LogP contribution < -0.4 is 5.69 Å². The van der Waals surface area contributed by atoms with Crippen LogP contribution in [0.2, 0.25) is 0 Å². The summed E-state index contributed by atoms with van der Waals surface area (Å²) in [6.07, 6.45) is 2.99. The molecular formula is C11H14N4O4. The molecule has 0 saturated carbocycles. The lowest BCUT2D eigenvalue weighted by molar-refractivity contribution is -0.144. The van der Waals surface area contributed by atoms with Crippen LogP contribution in [0, 0.1) is 0 Å². The first kappa shape index (κ1) is 13.2. The van der Waals surface area contributed by atoms with E-state index in [4.69, 9.17) is 9.47 Å². The maximum Gasteiger partial charge on any atom is 0.351 e. The molecule has 0 aliphatic rings. The summed E-state index contributed by atoms with van der Waals surface area (Å²) in [4.78, 5) is 27.6. The van der Waals surface area contributed by atoms with Gasteiger partial charge in [-0.3, -0.25) is 4.79 Å². The Hall–Kier alpha value is -2.22. The highest BCUT2D eigenvalue weighted by atomic mass is 16.5. The maximum atomic E-state index is 12.2. The van der Waals surface area contributed by atoms with Crippen LogP contribution in [0.3, 0.4) is 0 Å². The predicted octanol–water partition coefficient (Wildman–Crippen LogP) is -0.400. The molecule has 0 aromatic carbocycles. The summed E-state index contributed by atoms with van der Waals surface area (Å²) in [5.41, 5.74) is 0.104. The van der Waals surface area contributed by atoms with Gasteiger partial charge in [0.05, 0.1) is 24.5 Å². The quantitative estimate of drug-likeness (QED) is 0.684. The summed E-state index contributed by atoms with van der Waals surface area (Å²) >= 11 is 0. The maximum absolute atomic E-state index is 12.2. The number of nitrogens with zero attached hydrogens (tertiary/aromatic N) is 4. The molecule has 8 heteroatoms. The number of carbonyl (C=O) groups excluding carboxylic acids is 1. The molecule has 0 fully saturated rings. The van der Waals surface area contributed by atoms with Gasteiger partial charge in [-0.1, -0.05) is 0 Å². The van der Waals surface area contributed by atoms with Crippen LogP contribution in [0.1, 0.15) is 12.7 Å². The van der Waals surface area contributed by atoms with E-state index in [9.17, 15) is 9.59 Å². The van der Waals surface area contributed by atoms with Crippen molar-refractivity contribution in [1.29, 1.82) is 0 Å². The molecule has 0 aliphatic carbocycles. The molecule has 0 bridgehead atoms. The first-order chi connectivity index (χ1) is 9.17. The molecule has 2 aromatic heterocycles. The van der Waals surface area contributed by atoms with Gasteiger partial charge in [0.1, 0.15) is 19.0 Å². The Morgan fingerprint density at radius 3 is 2.89 bits per heavy atom. The van der Waals surface area contributed by atoms with Crippen molar-refractivity contribution in [2.45, 2.75) is 20.1 Å². The van der Waals surface area contributed by atoms with E-state index < -0.39 is 11.7 Å². The van der Waals surface area contributed by atoms with Crippen LogP contribution in [-0.4, -0.2) is 38.9 Å². The van der Waals surface area contributed by atoms with Crippen LogP contribution in [-0.2, 0) is 27.4 Å². The van der Waals surface area contributed by atoms with Gasteiger partial charge < -0.3 is 9.47 Å². The van der Waals surface area contributed by atoms with Gasteiger partial charge in [0, 0.05) is 7.11 Å². The summed E-state index contributed by atoms with van der Waals surface area (Å²) in [7, 11) is 1.51. The zero-order valence-electron chi connectivity index (χ0n) is 10.7. The molecule has 0 saturated heterocycles. The molecule has 0 N–H and O–H groups in total. The van der Waals surface area contributed by atoms with E-state index in [1.54, 1.807) is 6.92 Å². The van der Waals surface area contributed by atoms with Crippen molar-refractivity contribution in [3.05, 3.63) is 28.7 Å². The zero-order valence-corrected chi connectivity index (χ0v) is 10.7. The van der Waals surface area contributed by atoms with Gasteiger partial charge in [0.15, 0.2) is 0 Å². The third kappa shape index (κ3) is 2.63. The molecule has 2 rings (SSSR count). The molecule has 102 valence electrons. The van der Waals surface area contributed by atoms with Crippen LogP contribution in [0.5, 0.6) is 0 Å². The van der Waals surface area contributed by atoms with E-state index in [2.05, 4.69) is 10.1 Å². The van der Waals surface area contributed by atoms with E-state index in [1.165, 1.54) is 23.9 Å². The van der Waals surface area contributed by atoms with E-state index >= 15 is 0 Å². The lowest BCUT2D eigenvalue weighted by Crippen LogP contribution is -2.32. The summed E-state index contributed by atoms with van der Waals surface area (Å²) < 4.78 is 12.1. The molecule has 0 spiro atoms. The molecule has 8 nitrogen and oxygen atoms in total. The van der Waals surface area contributed by atoms with E-state index in [-0.39, 0.29) is 19.8 Å². The number of imidazole rings is 1. The number of methoxy groups -OCH3 is 1. The van der Waals surface area contributed by atoms with Gasteiger partial charge in [-0.2, -0.15) is 5.10 Å². The Morgan fingerprint density at radius 1 is 1.42 bits per heavy atom. The first-order valence-corrected chi connectivity index (χ1v) is 5.74. The van der Waals surface area contributed by atoms with Gasteiger partial charge in [-0.25, -0.2) is 18.9 Å². The van der Waals surface area contributed by atoms with Crippen molar-refractivity contribution in [1.82, 2.24) is 19.2 Å². The van der Waals surface area contributed by atoms with Crippen molar-refractivity contribution in [2.75, 3.05) is 13.7 Å². The van der Waals surface area contributed by atoms with E-state index in [0.717, 1.165) is 4.68 Å². The number of fused-ring (bicyclic) bond motifs is 1. The fourth-order valence-electron chi connectivity index (χ4n) is 1.68. The van der Waals surface area contributed by atoms with Crippen LogP contribution in [0.4, 0.5) is 0 Å². The minimum Gasteiger partial charge on any atom is -0.465 e. The Bertz CT molecular complexity index is 646. The zero-order chi connectivity index (χ0) is 13.8. The molecule has 0 aliphatic heterocycles. The second kappa shape index (κ2) is 5.61. The van der Waals surface area contributed by atoms with Gasteiger partial charge in [0.2, 0.25) is 0 Å². The first-order valence-electron chi connectivity index (χ1n) is 5.74. The fraction of sp³-hybridized carbons (Fsp3) is 0.455. The number of hydrogen-bond acceptors (Lipinski definition) is 6. The number of ether oxygens (including phenoxy) is 2. The van der Waals surface area contributed by atoms with Crippen molar-refractivity contribution >= 4 is 11.5 Å². The average Bonchev–Trinajstić information content (AvgIpc) is 2.78. The summed E-state index contributed by atoms with van der Waals surface area (Å²) in [6, 6.07) is 0. The van der Waals surface area contributed by atoms with E-state index in [1.807, 2.05) is 0 Å². The molecule has 0 radical (unpaired) electrons. The molecule has 0 atom stereocenters. The molecule has 2 heterocycles. The molecule has 0 unspecified atom stereocenters. The summed E-state index contributed by atoms with van der Waals surface area (Å²) in [5.74, 6) is -0.0487. The summed E-state index contributed by atoms with van der Waals surface area (Å²) in [5, 5.41) is 3.90. The Balaban J connectivity index is 2.41. The third-order valence-corrected chi connectivity index (χ3v) is 2.46. The van der Waals surface area contributed by atoms with Crippen molar-refractivity contribution in [3.63, 3.8) is 0 Å². The lowest BCUT2D eigenvalue weighted by Gasteiger charge is -2.05. The Labute approximate surface area is 108 Å². The highest BCUT2D eigenvalue weighted by Gasteiger charge is 2.12. The smallest absolute Gasteiger partial charge is 0.351 e. The number of aromatic nitrogens is 4. The van der Waals surface area contributed by atoms with Gasteiger partial charge in [0.25, 0.3) is 0 Å². The van der Waals surface area contributed by atoms with E-state index in [0.29, 0.717) is 11.3 Å². The second-order valence-corrected chi connectivity index (χ2v) is 3.76. The monoisotopic (exact) mass is 266 g/mol. The minimum absolute atomic E-state index is 0.201. The highest BCUT2D eigenvalue weighted by molar-refractivity contribution is 5.68. The number of rotatable bonds is 5. The van der Waals surface area contributed by atoms with Crippen LogP contribution in [0.25, 0.3) is 5.52 Å². The van der Waals surface area contributed by atoms with Crippen LogP contribution in [0.15, 0.2) is 17.2 Å². The van der Waals surface area contributed by atoms with Gasteiger partial charge >= 0.3 is 11.7 Å². The lowest BCUT2D eigenvalue weighted by atomic mass is 10.6. The van der Waals surface area contributed by atoms with Crippen molar-refractivity contribution in [2.24, 2.45) is 0 Å². The highest BCUT2D eigenvalue weighted by Crippen LogP contribution is 2.02. The van der Waals surface area contributed by atoms with Crippen LogP contribution >= 0.6 is 0 Å². The Morgan fingerprint density at radius 2 is 2.21 bits per heavy atom. The predicted molar refractivity (Wildman–Crippen MR) is 64.6 cm³/mol. The average molecular weight is 266 g/mol. The Kier molecular flexibility index (Phi) is 3.91. The number of carbonyl (C=O) groups is 1. The topological polar surface area (TPSA) is 87.7 Å². The standard InChI is InChI=1S/C11H14N4O4/c1-3-19-10(16)6-14-11(17)15-8(5-13-14)4-12-9(15)7-18-2/h4-5H,3,6-7H2,1-2H3. The third-order valence-electron chi connectivity index (χ3n) is 2.46. The molecule has 19 heavy (non-hydrogen) atoms. The van der Waals surface area contributed by atoms with Gasteiger partial charge in [-0.05, 0) is 6.92 Å². The van der Waals surface area contributed by atoms with Gasteiger partial charge in [-0.15, -0.1) is 0 Å². The largest absolute Gasteiger partial charge is 0.465 e. The number of hydrogen-bond donors (Lipinski definition) is 0. The molecule has 0 amide bonds. The van der Waals surface area contributed by atoms with Crippen molar-refractivity contribution < 1.29 is 14.3 Å². The second-order valence-electron chi connectivity index (χ2n) is 3.76.